The smallest absolute Gasteiger partial charge is 0.268 e. The highest BCUT2D eigenvalue weighted by Crippen LogP contribution is 2.38. The highest BCUT2D eigenvalue weighted by Gasteiger charge is 2.25. The zero-order valence-corrected chi connectivity index (χ0v) is 18.4. The van der Waals surface area contributed by atoms with E-state index in [1.54, 1.807) is 18.2 Å². The van der Waals surface area contributed by atoms with Crippen LogP contribution in [0.5, 0.6) is 17.2 Å². The van der Waals surface area contributed by atoms with Gasteiger partial charge in [0.2, 0.25) is 5.75 Å². The molecule has 2 aliphatic rings. The van der Waals surface area contributed by atoms with E-state index in [1.165, 1.54) is 51.6 Å². The van der Waals surface area contributed by atoms with E-state index in [1.807, 2.05) is 6.08 Å². The number of imide groups is 1. The molecule has 1 saturated carbocycles. The van der Waals surface area contributed by atoms with E-state index in [-0.39, 0.29) is 11.8 Å². The lowest BCUT2D eigenvalue weighted by Crippen LogP contribution is -2.39. The number of amides is 2. The summed E-state index contributed by atoms with van der Waals surface area (Å²) in [6.45, 7) is 0.353. The number of carbonyl (C=O) groups is 2. The first kappa shape index (κ1) is 22.5. The van der Waals surface area contributed by atoms with Gasteiger partial charge < -0.3 is 14.2 Å². The van der Waals surface area contributed by atoms with Crippen molar-refractivity contribution in [1.82, 2.24) is 4.90 Å². The van der Waals surface area contributed by atoms with Crippen LogP contribution in [0.2, 0.25) is 0 Å². The molecule has 31 heavy (non-hydrogen) atoms. The lowest BCUT2D eigenvalue weighted by atomic mass is 9.89. The fourth-order valence-corrected chi connectivity index (χ4v) is 3.87. The molecule has 0 spiro atoms. The maximum Gasteiger partial charge on any atom is 0.268 e. The Morgan fingerprint density at radius 3 is 2.35 bits per heavy atom. The number of carbonyl (C=O) groups excluding carboxylic acids is 2. The van der Waals surface area contributed by atoms with Gasteiger partial charge in [-0.05, 0) is 43.0 Å². The van der Waals surface area contributed by atoms with Crippen molar-refractivity contribution >= 4 is 17.9 Å². The van der Waals surface area contributed by atoms with E-state index >= 15 is 0 Å². The standard InChI is InChI=1S/C25H29NO5/c1-29-21-16-19(17-22(30-2)24(21)31-3)12-14-23(27)26-15-7-10-20(25(26)28)13-11-18-8-5-4-6-9-18/h10,12,14,16-18H,4-9,15H2,1-3H3. The summed E-state index contributed by atoms with van der Waals surface area (Å²) in [4.78, 5) is 26.7. The van der Waals surface area contributed by atoms with Crippen LogP contribution in [0.25, 0.3) is 6.08 Å². The first-order valence-electron chi connectivity index (χ1n) is 10.6. The quantitative estimate of drug-likeness (QED) is 0.529. The van der Waals surface area contributed by atoms with Crippen LogP contribution >= 0.6 is 0 Å². The molecule has 0 N–H and O–H groups in total. The van der Waals surface area contributed by atoms with E-state index in [0.717, 1.165) is 12.8 Å². The molecule has 2 amide bonds. The summed E-state index contributed by atoms with van der Waals surface area (Å²) in [5, 5.41) is 0. The van der Waals surface area contributed by atoms with Gasteiger partial charge in [0.1, 0.15) is 0 Å². The molecule has 0 unspecified atom stereocenters. The molecule has 0 aromatic heterocycles. The number of benzene rings is 1. The summed E-state index contributed by atoms with van der Waals surface area (Å²) >= 11 is 0. The van der Waals surface area contributed by atoms with Gasteiger partial charge in [0.15, 0.2) is 11.5 Å². The Morgan fingerprint density at radius 2 is 1.74 bits per heavy atom. The molecule has 1 aromatic rings. The average Bonchev–Trinajstić information content (AvgIpc) is 2.81. The molecule has 164 valence electrons. The van der Waals surface area contributed by atoms with Gasteiger partial charge in [0, 0.05) is 18.5 Å². The fourth-order valence-electron chi connectivity index (χ4n) is 3.87. The fraction of sp³-hybridized carbons (Fsp3) is 0.440. The van der Waals surface area contributed by atoms with Gasteiger partial charge in [-0.3, -0.25) is 14.5 Å². The molecule has 1 heterocycles. The molecular weight excluding hydrogens is 394 g/mol. The van der Waals surface area contributed by atoms with Crippen LogP contribution in [0, 0.1) is 17.8 Å². The molecule has 0 bridgehead atoms. The Balaban J connectivity index is 1.72. The van der Waals surface area contributed by atoms with Crippen LogP contribution in [0.1, 0.15) is 44.1 Å². The maximum atomic E-state index is 12.8. The van der Waals surface area contributed by atoms with E-state index in [2.05, 4.69) is 11.8 Å². The van der Waals surface area contributed by atoms with Crippen LogP contribution in [-0.2, 0) is 9.59 Å². The monoisotopic (exact) mass is 423 g/mol. The Labute approximate surface area is 183 Å². The second-order valence-corrected chi connectivity index (χ2v) is 7.60. The summed E-state index contributed by atoms with van der Waals surface area (Å²) in [5.74, 6) is 7.40. The van der Waals surface area contributed by atoms with E-state index < -0.39 is 0 Å². The highest BCUT2D eigenvalue weighted by atomic mass is 16.5. The zero-order valence-electron chi connectivity index (χ0n) is 18.4. The average molecular weight is 424 g/mol. The van der Waals surface area contributed by atoms with Gasteiger partial charge in [0.25, 0.3) is 11.8 Å². The third-order valence-electron chi connectivity index (χ3n) is 5.56. The summed E-state index contributed by atoms with van der Waals surface area (Å²) in [5.41, 5.74) is 1.12. The molecule has 0 saturated heterocycles. The minimum absolute atomic E-state index is 0.325. The largest absolute Gasteiger partial charge is 0.493 e. The maximum absolute atomic E-state index is 12.8. The van der Waals surface area contributed by atoms with Gasteiger partial charge in [-0.2, -0.15) is 0 Å². The first-order valence-corrected chi connectivity index (χ1v) is 10.6. The number of hydrogen-bond acceptors (Lipinski definition) is 5. The van der Waals surface area contributed by atoms with Crippen LogP contribution in [-0.4, -0.2) is 44.6 Å². The molecule has 3 rings (SSSR count). The molecule has 1 fully saturated rings. The number of hydrogen-bond donors (Lipinski definition) is 0. The normalized spacial score (nSPS) is 17.1. The zero-order chi connectivity index (χ0) is 22.2. The highest BCUT2D eigenvalue weighted by molar-refractivity contribution is 6.11. The lowest BCUT2D eigenvalue weighted by Gasteiger charge is -2.22. The van der Waals surface area contributed by atoms with E-state index in [4.69, 9.17) is 14.2 Å². The van der Waals surface area contributed by atoms with Gasteiger partial charge in [-0.15, -0.1) is 0 Å². The van der Waals surface area contributed by atoms with Crippen molar-refractivity contribution in [2.45, 2.75) is 38.5 Å². The van der Waals surface area contributed by atoms with Gasteiger partial charge >= 0.3 is 0 Å². The molecule has 1 aliphatic carbocycles. The van der Waals surface area contributed by atoms with Gasteiger partial charge in [0.05, 0.1) is 26.9 Å². The Kier molecular flexibility index (Phi) is 7.77. The summed E-state index contributed by atoms with van der Waals surface area (Å²) in [6.07, 6.45) is 11.3. The van der Waals surface area contributed by atoms with Crippen molar-refractivity contribution in [3.63, 3.8) is 0 Å². The van der Waals surface area contributed by atoms with Crippen LogP contribution < -0.4 is 14.2 Å². The van der Waals surface area contributed by atoms with Crippen molar-refractivity contribution in [2.24, 2.45) is 5.92 Å². The third kappa shape index (κ3) is 5.49. The Bertz CT molecular complexity index is 919. The number of methoxy groups -OCH3 is 3. The van der Waals surface area contributed by atoms with E-state index in [9.17, 15) is 9.59 Å². The summed E-state index contributed by atoms with van der Waals surface area (Å²) in [7, 11) is 4.60. The van der Waals surface area contributed by atoms with Crippen LogP contribution in [0.3, 0.4) is 0 Å². The molecule has 0 atom stereocenters. The minimum atomic E-state index is -0.371. The van der Waals surface area contributed by atoms with Crippen molar-refractivity contribution < 1.29 is 23.8 Å². The minimum Gasteiger partial charge on any atom is -0.493 e. The number of nitrogens with zero attached hydrogens (tertiary/aromatic N) is 1. The second-order valence-electron chi connectivity index (χ2n) is 7.60. The first-order chi connectivity index (χ1) is 15.1. The van der Waals surface area contributed by atoms with Crippen molar-refractivity contribution in [3.8, 4) is 29.1 Å². The molecule has 6 heteroatoms. The van der Waals surface area contributed by atoms with Gasteiger partial charge in [-0.1, -0.05) is 37.2 Å². The van der Waals surface area contributed by atoms with Crippen molar-refractivity contribution in [1.29, 1.82) is 0 Å². The van der Waals surface area contributed by atoms with Crippen LogP contribution in [0.4, 0.5) is 0 Å². The van der Waals surface area contributed by atoms with Crippen molar-refractivity contribution in [3.05, 3.63) is 35.4 Å². The molecule has 6 nitrogen and oxygen atoms in total. The number of ether oxygens (including phenoxy) is 3. The molecule has 0 radical (unpaired) electrons. The lowest BCUT2D eigenvalue weighted by molar-refractivity contribution is -0.139. The third-order valence-corrected chi connectivity index (χ3v) is 5.56. The van der Waals surface area contributed by atoms with Crippen molar-refractivity contribution in [2.75, 3.05) is 27.9 Å². The summed E-state index contributed by atoms with van der Waals surface area (Å²) in [6, 6.07) is 3.48. The number of rotatable bonds is 5. The summed E-state index contributed by atoms with van der Waals surface area (Å²) < 4.78 is 16.0. The predicted molar refractivity (Wildman–Crippen MR) is 119 cm³/mol. The van der Waals surface area contributed by atoms with Crippen LogP contribution in [0.15, 0.2) is 29.9 Å². The topological polar surface area (TPSA) is 65.1 Å². The Morgan fingerprint density at radius 1 is 1.06 bits per heavy atom. The van der Waals surface area contributed by atoms with Gasteiger partial charge in [-0.25, -0.2) is 0 Å². The SMILES string of the molecule is COc1cc(C=CC(=O)N2CCC=C(C#CC3CCCCC3)C2=O)cc(OC)c1OC. The molecule has 1 aliphatic heterocycles. The second kappa shape index (κ2) is 10.7. The Hall–Kier alpha value is -3.20. The van der Waals surface area contributed by atoms with E-state index in [0.29, 0.717) is 47.3 Å². The predicted octanol–water partition coefficient (Wildman–Crippen LogP) is 3.99. The molecular formula is C25H29NO5. The molecule has 1 aromatic carbocycles.